The lowest BCUT2D eigenvalue weighted by molar-refractivity contribution is -0.0537. The standard InChI is InChI=1S/C21H35NO.C2H4/c1-20-11-9-15(23)13-14(20)5-6-16-17-7-8-19(22(3)4)21(17,2)12-10-18(16)20;1-2/h5,15-19,23H,6-13H2,1-4H3;1-2H2. The van der Waals surface area contributed by atoms with Crippen molar-refractivity contribution in [3.63, 3.8) is 0 Å². The zero-order valence-corrected chi connectivity index (χ0v) is 16.9. The average Bonchev–Trinajstić information content (AvgIpc) is 2.95. The first-order valence-electron chi connectivity index (χ1n) is 10.4. The van der Waals surface area contributed by atoms with Crippen molar-refractivity contribution in [2.75, 3.05) is 14.1 Å². The van der Waals surface area contributed by atoms with Crippen LogP contribution in [0.15, 0.2) is 24.8 Å². The molecule has 7 atom stereocenters. The van der Waals surface area contributed by atoms with Crippen molar-refractivity contribution in [3.05, 3.63) is 24.8 Å². The van der Waals surface area contributed by atoms with Gasteiger partial charge in [0.15, 0.2) is 0 Å². The van der Waals surface area contributed by atoms with Crippen LogP contribution in [-0.2, 0) is 0 Å². The molecule has 2 nitrogen and oxygen atoms in total. The molecule has 0 bridgehead atoms. The van der Waals surface area contributed by atoms with Crippen molar-refractivity contribution < 1.29 is 5.11 Å². The predicted molar refractivity (Wildman–Crippen MR) is 106 cm³/mol. The Morgan fingerprint density at radius 1 is 1.04 bits per heavy atom. The molecule has 3 fully saturated rings. The van der Waals surface area contributed by atoms with E-state index in [9.17, 15) is 5.11 Å². The highest BCUT2D eigenvalue weighted by atomic mass is 16.3. The van der Waals surface area contributed by atoms with Gasteiger partial charge in [-0.3, -0.25) is 0 Å². The van der Waals surface area contributed by atoms with Crippen LogP contribution in [0.5, 0.6) is 0 Å². The maximum absolute atomic E-state index is 10.1. The van der Waals surface area contributed by atoms with Crippen LogP contribution >= 0.6 is 0 Å². The highest BCUT2D eigenvalue weighted by Crippen LogP contribution is 2.65. The summed E-state index contributed by atoms with van der Waals surface area (Å²) in [5.41, 5.74) is 2.52. The van der Waals surface area contributed by atoms with E-state index < -0.39 is 0 Å². The van der Waals surface area contributed by atoms with E-state index in [0.29, 0.717) is 10.8 Å². The average molecular weight is 346 g/mol. The number of allylic oxidation sites excluding steroid dienone is 1. The van der Waals surface area contributed by atoms with E-state index >= 15 is 0 Å². The highest BCUT2D eigenvalue weighted by molar-refractivity contribution is 5.25. The number of fused-ring (bicyclic) bond motifs is 5. The first-order valence-corrected chi connectivity index (χ1v) is 10.4. The minimum absolute atomic E-state index is 0.0793. The van der Waals surface area contributed by atoms with Gasteiger partial charge in [0.1, 0.15) is 0 Å². The summed E-state index contributed by atoms with van der Waals surface area (Å²) in [6, 6.07) is 0.778. The van der Waals surface area contributed by atoms with Crippen LogP contribution in [0.4, 0.5) is 0 Å². The Kier molecular flexibility index (Phi) is 5.25. The largest absolute Gasteiger partial charge is 0.393 e. The molecule has 3 saturated carbocycles. The summed E-state index contributed by atoms with van der Waals surface area (Å²) < 4.78 is 0. The van der Waals surface area contributed by atoms with Gasteiger partial charge in [-0.15, -0.1) is 13.2 Å². The van der Waals surface area contributed by atoms with Gasteiger partial charge in [0.2, 0.25) is 0 Å². The van der Waals surface area contributed by atoms with Gasteiger partial charge in [0, 0.05) is 6.04 Å². The third-order valence-electron chi connectivity index (χ3n) is 8.65. The van der Waals surface area contributed by atoms with E-state index in [2.05, 4.69) is 52.1 Å². The number of aliphatic hydroxyl groups is 1. The zero-order chi connectivity index (χ0) is 18.4. The molecule has 0 saturated heterocycles. The topological polar surface area (TPSA) is 23.5 Å². The van der Waals surface area contributed by atoms with E-state index in [-0.39, 0.29) is 6.10 Å². The molecule has 0 radical (unpaired) electrons. The molecule has 1 N–H and O–H groups in total. The molecule has 25 heavy (non-hydrogen) atoms. The monoisotopic (exact) mass is 345 g/mol. The fourth-order valence-corrected chi connectivity index (χ4v) is 7.46. The van der Waals surface area contributed by atoms with Crippen molar-refractivity contribution in [2.45, 2.75) is 77.4 Å². The molecule has 142 valence electrons. The number of hydrogen-bond donors (Lipinski definition) is 1. The second kappa shape index (κ2) is 6.85. The van der Waals surface area contributed by atoms with E-state index in [1.54, 1.807) is 5.57 Å². The molecular formula is C23H39NO. The fraction of sp³-hybridized carbons (Fsp3) is 0.826. The summed E-state index contributed by atoms with van der Waals surface area (Å²) in [5, 5.41) is 10.1. The smallest absolute Gasteiger partial charge is 0.0577 e. The maximum atomic E-state index is 10.1. The molecule has 0 aromatic heterocycles. The lowest BCUT2D eigenvalue weighted by Crippen LogP contribution is -2.53. The molecule has 0 heterocycles. The minimum Gasteiger partial charge on any atom is -0.393 e. The Morgan fingerprint density at radius 2 is 1.76 bits per heavy atom. The molecule has 0 amide bonds. The minimum atomic E-state index is -0.0793. The van der Waals surface area contributed by atoms with Crippen LogP contribution < -0.4 is 0 Å². The Hall–Kier alpha value is -0.600. The second-order valence-electron chi connectivity index (χ2n) is 9.76. The van der Waals surface area contributed by atoms with Crippen LogP contribution in [0, 0.1) is 28.6 Å². The van der Waals surface area contributed by atoms with Crippen molar-refractivity contribution in [2.24, 2.45) is 28.6 Å². The van der Waals surface area contributed by atoms with Gasteiger partial charge in [0.05, 0.1) is 6.10 Å². The number of hydrogen-bond acceptors (Lipinski definition) is 2. The molecule has 0 spiro atoms. The molecular weight excluding hydrogens is 306 g/mol. The van der Waals surface area contributed by atoms with E-state index in [1.165, 1.54) is 38.5 Å². The quantitative estimate of drug-likeness (QED) is 0.673. The number of nitrogens with zero attached hydrogens (tertiary/aromatic N) is 1. The Balaban J connectivity index is 0.000000880. The van der Waals surface area contributed by atoms with E-state index in [0.717, 1.165) is 36.6 Å². The maximum Gasteiger partial charge on any atom is 0.0577 e. The Bertz CT molecular complexity index is 526. The molecule has 4 rings (SSSR count). The van der Waals surface area contributed by atoms with Crippen LogP contribution in [0.2, 0.25) is 0 Å². The SMILES string of the molecule is C=C.CN(C)C1CCC2C3CC=C4CC(O)CCC4(C)C3CCC21C. The lowest BCUT2D eigenvalue weighted by atomic mass is 9.48. The summed E-state index contributed by atoms with van der Waals surface area (Å²) in [6.07, 6.45) is 12.6. The van der Waals surface area contributed by atoms with E-state index in [4.69, 9.17) is 0 Å². The summed E-state index contributed by atoms with van der Waals surface area (Å²) in [5.74, 6) is 2.67. The fourth-order valence-electron chi connectivity index (χ4n) is 7.46. The summed E-state index contributed by atoms with van der Waals surface area (Å²) in [4.78, 5) is 2.50. The molecule has 4 aliphatic rings. The first-order chi connectivity index (χ1) is 11.9. The predicted octanol–water partition coefficient (Wildman–Crippen LogP) is 5.04. The van der Waals surface area contributed by atoms with Gasteiger partial charge in [0.25, 0.3) is 0 Å². The van der Waals surface area contributed by atoms with Gasteiger partial charge in [-0.25, -0.2) is 0 Å². The molecule has 7 unspecified atom stereocenters. The van der Waals surface area contributed by atoms with Crippen molar-refractivity contribution in [1.82, 2.24) is 4.90 Å². The summed E-state index contributed by atoms with van der Waals surface area (Å²) in [6.45, 7) is 11.1. The lowest BCUT2D eigenvalue weighted by Gasteiger charge is -2.58. The van der Waals surface area contributed by atoms with Crippen molar-refractivity contribution in [3.8, 4) is 0 Å². The first kappa shape index (κ1) is 19.2. The van der Waals surface area contributed by atoms with Gasteiger partial charge < -0.3 is 10.0 Å². The molecule has 0 aliphatic heterocycles. The Morgan fingerprint density at radius 3 is 2.44 bits per heavy atom. The van der Waals surface area contributed by atoms with Gasteiger partial charge in [-0.2, -0.15) is 0 Å². The van der Waals surface area contributed by atoms with E-state index in [1.807, 2.05) is 0 Å². The third-order valence-corrected chi connectivity index (χ3v) is 8.65. The number of rotatable bonds is 1. The van der Waals surface area contributed by atoms with Gasteiger partial charge >= 0.3 is 0 Å². The molecule has 0 aromatic carbocycles. The highest BCUT2D eigenvalue weighted by Gasteiger charge is 2.58. The molecule has 0 aromatic rings. The van der Waals surface area contributed by atoms with Crippen molar-refractivity contribution in [1.29, 1.82) is 0 Å². The third kappa shape index (κ3) is 2.84. The normalized spacial score (nSPS) is 48.6. The summed E-state index contributed by atoms with van der Waals surface area (Å²) in [7, 11) is 4.57. The van der Waals surface area contributed by atoms with Crippen LogP contribution in [0.1, 0.15) is 65.2 Å². The Labute approximate surface area is 155 Å². The second-order valence-corrected chi connectivity index (χ2v) is 9.76. The van der Waals surface area contributed by atoms with Crippen LogP contribution in [0.3, 0.4) is 0 Å². The van der Waals surface area contributed by atoms with Gasteiger partial charge in [-0.1, -0.05) is 25.5 Å². The summed E-state index contributed by atoms with van der Waals surface area (Å²) >= 11 is 0. The van der Waals surface area contributed by atoms with Crippen LogP contribution in [0.25, 0.3) is 0 Å². The number of aliphatic hydroxyl groups excluding tert-OH is 1. The molecule has 4 aliphatic carbocycles. The zero-order valence-electron chi connectivity index (χ0n) is 16.9. The van der Waals surface area contributed by atoms with Crippen LogP contribution in [-0.4, -0.2) is 36.2 Å². The molecule has 2 heteroatoms. The van der Waals surface area contributed by atoms with Crippen molar-refractivity contribution >= 4 is 0 Å². The van der Waals surface area contributed by atoms with Gasteiger partial charge in [-0.05, 0) is 94.0 Å².